The van der Waals surface area contributed by atoms with Crippen molar-refractivity contribution in [2.24, 2.45) is 0 Å². The number of anilines is 3. The van der Waals surface area contributed by atoms with Gasteiger partial charge in [0, 0.05) is 49.4 Å². The van der Waals surface area contributed by atoms with Gasteiger partial charge in [-0.15, -0.1) is 0 Å². The van der Waals surface area contributed by atoms with Crippen LogP contribution >= 0.6 is 0 Å². The summed E-state index contributed by atoms with van der Waals surface area (Å²) in [5.41, 5.74) is 1.72. The number of nitrogens with one attached hydrogen (secondary N) is 4. The van der Waals surface area contributed by atoms with Gasteiger partial charge in [-0.25, -0.2) is 13.5 Å². The Kier molecular flexibility index (Phi) is 9.11. The molecule has 3 aliphatic rings. The number of carbonyl (C=O) groups excluding carboxylic acids is 5. The second kappa shape index (κ2) is 14.2. The number of aromatic amines is 1. The van der Waals surface area contributed by atoms with E-state index in [0.717, 1.165) is 16.7 Å². The molecule has 19 heteroatoms. The minimum absolute atomic E-state index is 0.00399. The number of ether oxygens (including phenoxy) is 1. The first-order valence-corrected chi connectivity index (χ1v) is 17.5. The van der Waals surface area contributed by atoms with Gasteiger partial charge >= 0.3 is 0 Å². The van der Waals surface area contributed by atoms with Gasteiger partial charge in [0.05, 0.1) is 28.8 Å². The van der Waals surface area contributed by atoms with Crippen LogP contribution in [-0.2, 0) is 20.9 Å². The van der Waals surface area contributed by atoms with Crippen LogP contribution in [0.5, 0.6) is 5.75 Å². The first kappa shape index (κ1) is 35.3. The van der Waals surface area contributed by atoms with E-state index in [1.807, 2.05) is 6.92 Å². The number of hydrogen-bond acceptors (Lipinski definition) is 12. The molecule has 3 aliphatic heterocycles. The Hall–Kier alpha value is -6.79. The van der Waals surface area contributed by atoms with Crippen molar-refractivity contribution >= 4 is 58.2 Å². The number of imide groups is 2. The van der Waals surface area contributed by atoms with E-state index < -0.39 is 41.3 Å². The SMILES string of the molecule is Cc1cc(Nc2nc(NCc3ccc(F)cc3F)nc3c2cnn3C2CCN(C(=O)COc3ccc4c(c3)C(=O)N(C3CCC(=O)NC3=O)C4=O)CC2)n[nH]1. The molecule has 0 bridgehead atoms. The average Bonchev–Trinajstić information content (AvgIpc) is 3.86. The molecule has 282 valence electrons. The molecule has 1 atom stereocenters. The maximum Gasteiger partial charge on any atom is 0.262 e. The number of rotatable bonds is 10. The Labute approximate surface area is 310 Å². The highest BCUT2D eigenvalue weighted by atomic mass is 19.1. The number of H-pyrrole nitrogens is 1. The zero-order valence-corrected chi connectivity index (χ0v) is 29.3. The van der Waals surface area contributed by atoms with Crippen LogP contribution < -0.4 is 20.7 Å². The highest BCUT2D eigenvalue weighted by molar-refractivity contribution is 6.23. The lowest BCUT2D eigenvalue weighted by molar-refractivity contribution is -0.136. The monoisotopic (exact) mass is 753 g/mol. The van der Waals surface area contributed by atoms with E-state index in [0.29, 0.717) is 48.6 Å². The van der Waals surface area contributed by atoms with Gasteiger partial charge in [-0.1, -0.05) is 6.07 Å². The molecule has 0 saturated carbocycles. The molecule has 1 unspecified atom stereocenters. The number of likely N-dealkylation sites (tertiary alicyclic amines) is 1. The summed E-state index contributed by atoms with van der Waals surface area (Å²) in [6, 6.07) is 8.20. The van der Waals surface area contributed by atoms with E-state index in [2.05, 4.69) is 36.2 Å². The normalized spacial score (nSPS) is 17.5. The molecular weight excluding hydrogens is 720 g/mol. The van der Waals surface area contributed by atoms with Crippen molar-refractivity contribution in [2.45, 2.75) is 51.2 Å². The molecule has 55 heavy (non-hydrogen) atoms. The minimum Gasteiger partial charge on any atom is -0.484 e. The van der Waals surface area contributed by atoms with Gasteiger partial charge in [0.25, 0.3) is 17.7 Å². The van der Waals surface area contributed by atoms with Crippen LogP contribution in [-0.4, -0.2) is 95.0 Å². The zero-order chi connectivity index (χ0) is 38.4. The van der Waals surface area contributed by atoms with E-state index in [-0.39, 0.29) is 66.3 Å². The second-order valence-corrected chi connectivity index (χ2v) is 13.4. The lowest BCUT2D eigenvalue weighted by Crippen LogP contribution is -2.54. The summed E-state index contributed by atoms with van der Waals surface area (Å²) in [4.78, 5) is 75.2. The molecule has 5 amide bonds. The number of benzene rings is 2. The summed E-state index contributed by atoms with van der Waals surface area (Å²) in [6.07, 6.45) is 2.78. The Balaban J connectivity index is 0.925. The third-order valence-electron chi connectivity index (χ3n) is 9.79. The molecule has 17 nitrogen and oxygen atoms in total. The minimum atomic E-state index is -1.09. The third-order valence-corrected chi connectivity index (χ3v) is 9.79. The maximum atomic E-state index is 14.4. The van der Waals surface area contributed by atoms with Crippen molar-refractivity contribution in [1.29, 1.82) is 0 Å². The zero-order valence-electron chi connectivity index (χ0n) is 29.3. The predicted molar refractivity (Wildman–Crippen MR) is 189 cm³/mol. The highest BCUT2D eigenvalue weighted by Gasteiger charge is 2.44. The lowest BCUT2D eigenvalue weighted by atomic mass is 10.0. The van der Waals surface area contributed by atoms with Gasteiger partial charge < -0.3 is 20.3 Å². The second-order valence-electron chi connectivity index (χ2n) is 13.4. The van der Waals surface area contributed by atoms with Crippen LogP contribution in [0.25, 0.3) is 11.0 Å². The summed E-state index contributed by atoms with van der Waals surface area (Å²) in [6.45, 7) is 2.33. The number of aromatic nitrogens is 6. The number of aryl methyl sites for hydroxylation is 1. The van der Waals surface area contributed by atoms with Crippen LogP contribution in [0.3, 0.4) is 0 Å². The summed E-state index contributed by atoms with van der Waals surface area (Å²) in [7, 11) is 0. The highest BCUT2D eigenvalue weighted by Crippen LogP contribution is 2.32. The summed E-state index contributed by atoms with van der Waals surface area (Å²) in [5, 5.41) is 20.7. The third kappa shape index (κ3) is 6.91. The van der Waals surface area contributed by atoms with Gasteiger partial charge in [-0.3, -0.25) is 39.3 Å². The fourth-order valence-electron chi connectivity index (χ4n) is 6.95. The van der Waals surface area contributed by atoms with E-state index in [1.165, 1.54) is 30.3 Å². The van der Waals surface area contributed by atoms with Gasteiger partial charge in [-0.2, -0.15) is 20.2 Å². The van der Waals surface area contributed by atoms with Crippen LogP contribution in [0.2, 0.25) is 0 Å². The fourth-order valence-corrected chi connectivity index (χ4v) is 6.95. The van der Waals surface area contributed by atoms with E-state index in [1.54, 1.807) is 21.8 Å². The fraction of sp³-hybridized carbons (Fsp3) is 0.306. The van der Waals surface area contributed by atoms with Gasteiger partial charge in [0.15, 0.2) is 18.1 Å². The number of piperidine rings is 2. The molecule has 2 saturated heterocycles. The quantitative estimate of drug-likeness (QED) is 0.152. The van der Waals surface area contributed by atoms with Crippen molar-refractivity contribution in [3.63, 3.8) is 0 Å². The van der Waals surface area contributed by atoms with Gasteiger partial charge in [-0.05, 0) is 50.5 Å². The smallest absolute Gasteiger partial charge is 0.262 e. The van der Waals surface area contributed by atoms with Crippen LogP contribution in [0.4, 0.5) is 26.4 Å². The number of nitrogens with zero attached hydrogens (tertiary/aromatic N) is 7. The topological polar surface area (TPSA) is 209 Å². The van der Waals surface area contributed by atoms with Crippen molar-refractivity contribution in [2.75, 3.05) is 30.3 Å². The van der Waals surface area contributed by atoms with Gasteiger partial charge in [0.2, 0.25) is 17.8 Å². The predicted octanol–water partition coefficient (Wildman–Crippen LogP) is 3.14. The number of fused-ring (bicyclic) bond motifs is 2. The summed E-state index contributed by atoms with van der Waals surface area (Å²) in [5.74, 6) is -2.81. The Morgan fingerprint density at radius 1 is 0.982 bits per heavy atom. The molecular formula is C36H33F2N11O6. The number of halogens is 2. The maximum absolute atomic E-state index is 14.4. The molecule has 4 N–H and O–H groups in total. The van der Waals surface area contributed by atoms with E-state index >= 15 is 0 Å². The van der Waals surface area contributed by atoms with E-state index in [9.17, 15) is 32.8 Å². The summed E-state index contributed by atoms with van der Waals surface area (Å²) < 4.78 is 35.4. The average molecular weight is 754 g/mol. The molecule has 2 aromatic carbocycles. The molecule has 0 aliphatic carbocycles. The van der Waals surface area contributed by atoms with Crippen molar-refractivity contribution < 1.29 is 37.5 Å². The standard InChI is InChI=1S/C36H33F2N11O6/c1-18-12-28(46-45-18)41-31-25-16-40-49(32(25)44-36(43-31)39-15-19-2-3-20(37)13-26(19)38)21-8-10-47(11-9-21)30(51)17-55-22-4-5-23-24(14-22)35(54)48(34(23)53)27-6-7-29(50)42-33(27)52/h2-5,12-14,16,21,27H,6-11,15,17H2,1H3,(H,42,50,52)(H3,39,41,43,44,45,46). The van der Waals surface area contributed by atoms with Crippen molar-refractivity contribution in [3.8, 4) is 5.75 Å². The van der Waals surface area contributed by atoms with Crippen LogP contribution in [0.1, 0.15) is 63.7 Å². The molecule has 8 rings (SSSR count). The van der Waals surface area contributed by atoms with Crippen LogP contribution in [0, 0.1) is 18.6 Å². The first-order chi connectivity index (χ1) is 26.5. The van der Waals surface area contributed by atoms with E-state index in [4.69, 9.17) is 9.72 Å². The lowest BCUT2D eigenvalue weighted by Gasteiger charge is -2.32. The molecule has 2 fully saturated rings. The van der Waals surface area contributed by atoms with Crippen LogP contribution in [0.15, 0.2) is 48.7 Å². The Morgan fingerprint density at radius 2 is 1.78 bits per heavy atom. The molecule has 3 aromatic heterocycles. The van der Waals surface area contributed by atoms with Gasteiger partial charge in [0.1, 0.15) is 29.2 Å². The number of amides is 5. The number of hydrogen-bond donors (Lipinski definition) is 4. The largest absolute Gasteiger partial charge is 0.484 e. The number of carbonyl (C=O) groups is 5. The van der Waals surface area contributed by atoms with Crippen molar-refractivity contribution in [1.82, 2.24) is 45.1 Å². The van der Waals surface area contributed by atoms with Crippen molar-refractivity contribution in [3.05, 3.63) is 82.7 Å². The molecule has 6 heterocycles. The summed E-state index contributed by atoms with van der Waals surface area (Å²) >= 11 is 0. The molecule has 0 radical (unpaired) electrons. The first-order valence-electron chi connectivity index (χ1n) is 17.5. The Morgan fingerprint density at radius 3 is 2.53 bits per heavy atom. The molecule has 0 spiro atoms. The molecule has 5 aromatic rings. The Bertz CT molecular complexity index is 2390.